The van der Waals surface area contributed by atoms with Gasteiger partial charge in [-0.05, 0) is 50.3 Å². The molecule has 0 bridgehead atoms. The Morgan fingerprint density at radius 1 is 1.24 bits per heavy atom. The minimum Gasteiger partial charge on any atom is -0.493 e. The zero-order chi connectivity index (χ0) is 19.8. The third-order valence-corrected chi connectivity index (χ3v) is 5.67. The summed E-state index contributed by atoms with van der Waals surface area (Å²) in [4.78, 5) is 8.79. The van der Waals surface area contributed by atoms with Gasteiger partial charge in [0.1, 0.15) is 0 Å². The molecule has 0 spiro atoms. The van der Waals surface area contributed by atoms with Crippen LogP contribution >= 0.6 is 35.3 Å². The number of rotatable bonds is 8. The summed E-state index contributed by atoms with van der Waals surface area (Å²) in [5.41, 5.74) is 2.25. The molecule has 1 aromatic carbocycles. The monoisotopic (exact) mass is 530 g/mol. The van der Waals surface area contributed by atoms with Gasteiger partial charge in [0, 0.05) is 31.9 Å². The molecule has 2 aromatic rings. The number of aliphatic imine (C=N–C) groups is 1. The smallest absolute Gasteiger partial charge is 0.191 e. The van der Waals surface area contributed by atoms with Gasteiger partial charge in [-0.25, -0.2) is 4.98 Å². The molecule has 0 amide bonds. The van der Waals surface area contributed by atoms with Crippen LogP contribution in [0.3, 0.4) is 0 Å². The van der Waals surface area contributed by atoms with E-state index in [4.69, 9.17) is 9.47 Å². The Kier molecular flexibility index (Phi) is 9.99. The molecule has 1 fully saturated rings. The number of nitrogens with zero attached hydrogens (tertiary/aromatic N) is 2. The van der Waals surface area contributed by atoms with Gasteiger partial charge in [0.05, 0.1) is 23.9 Å². The van der Waals surface area contributed by atoms with Crippen LogP contribution in [0.25, 0.3) is 0 Å². The van der Waals surface area contributed by atoms with Crippen molar-refractivity contribution in [1.82, 2.24) is 15.6 Å². The van der Waals surface area contributed by atoms with Crippen LogP contribution in [0, 0.1) is 6.92 Å². The maximum Gasteiger partial charge on any atom is 0.191 e. The van der Waals surface area contributed by atoms with Crippen molar-refractivity contribution < 1.29 is 9.47 Å². The highest BCUT2D eigenvalue weighted by Gasteiger charge is 2.18. The van der Waals surface area contributed by atoms with E-state index in [1.165, 1.54) is 12.8 Å². The Labute approximate surface area is 194 Å². The Morgan fingerprint density at radius 3 is 2.69 bits per heavy atom. The molecule has 0 atom stereocenters. The molecule has 1 saturated carbocycles. The van der Waals surface area contributed by atoms with Crippen molar-refractivity contribution in [3.05, 3.63) is 39.8 Å². The molecule has 1 aliphatic rings. The standard InChI is InChI=1S/C21H30N4O2S.HI/c1-15-25-17(14-28-15)10-11-23-21(22-2)24-13-16-8-9-19(26-3)20(12-16)27-18-6-4-5-7-18;/h8-9,12,14,18H,4-7,10-11,13H2,1-3H3,(H2,22,23,24);1H. The maximum atomic E-state index is 6.18. The van der Waals surface area contributed by atoms with Gasteiger partial charge in [-0.3, -0.25) is 4.99 Å². The molecule has 1 aromatic heterocycles. The van der Waals surface area contributed by atoms with Crippen LogP contribution in [0.4, 0.5) is 0 Å². The van der Waals surface area contributed by atoms with E-state index in [1.54, 1.807) is 25.5 Å². The first-order chi connectivity index (χ1) is 13.7. The van der Waals surface area contributed by atoms with Crippen molar-refractivity contribution in [2.24, 2.45) is 4.99 Å². The molecule has 1 heterocycles. The highest BCUT2D eigenvalue weighted by Crippen LogP contribution is 2.32. The lowest BCUT2D eigenvalue weighted by atomic mass is 10.2. The number of hydrogen-bond acceptors (Lipinski definition) is 5. The number of hydrogen-bond donors (Lipinski definition) is 2. The average molecular weight is 530 g/mol. The molecule has 0 aliphatic heterocycles. The normalized spacial score (nSPS) is 14.4. The summed E-state index contributed by atoms with van der Waals surface area (Å²) in [7, 11) is 3.47. The first kappa shape index (κ1) is 23.7. The first-order valence-electron chi connectivity index (χ1n) is 9.87. The molecule has 0 unspecified atom stereocenters. The van der Waals surface area contributed by atoms with Crippen LogP contribution in [0.1, 0.15) is 41.9 Å². The van der Waals surface area contributed by atoms with Crippen molar-refractivity contribution in [1.29, 1.82) is 0 Å². The molecular weight excluding hydrogens is 499 g/mol. The number of methoxy groups -OCH3 is 1. The summed E-state index contributed by atoms with van der Waals surface area (Å²) in [5.74, 6) is 2.40. The summed E-state index contributed by atoms with van der Waals surface area (Å²) in [6, 6.07) is 6.09. The molecule has 2 N–H and O–H groups in total. The van der Waals surface area contributed by atoms with Gasteiger partial charge >= 0.3 is 0 Å². The third-order valence-electron chi connectivity index (χ3n) is 4.85. The number of aromatic nitrogens is 1. The second-order valence-corrected chi connectivity index (χ2v) is 8.03. The maximum absolute atomic E-state index is 6.18. The van der Waals surface area contributed by atoms with E-state index in [2.05, 4.69) is 38.1 Å². The number of benzene rings is 1. The molecule has 0 radical (unpaired) electrons. The van der Waals surface area contributed by atoms with Gasteiger partial charge < -0.3 is 20.1 Å². The Morgan fingerprint density at radius 2 is 2.03 bits per heavy atom. The molecular formula is C21H31IN4O2S. The summed E-state index contributed by atoms with van der Waals surface area (Å²) in [6.07, 6.45) is 5.93. The third kappa shape index (κ3) is 7.33. The predicted molar refractivity (Wildman–Crippen MR) is 130 cm³/mol. The van der Waals surface area contributed by atoms with Crippen LogP contribution < -0.4 is 20.1 Å². The fourth-order valence-electron chi connectivity index (χ4n) is 3.35. The van der Waals surface area contributed by atoms with E-state index in [0.29, 0.717) is 12.6 Å². The van der Waals surface area contributed by atoms with Crippen molar-refractivity contribution in [3.63, 3.8) is 0 Å². The molecule has 1 aliphatic carbocycles. The lowest BCUT2D eigenvalue weighted by molar-refractivity contribution is 0.200. The fourth-order valence-corrected chi connectivity index (χ4v) is 3.99. The van der Waals surface area contributed by atoms with Crippen LogP contribution in [-0.2, 0) is 13.0 Å². The van der Waals surface area contributed by atoms with E-state index >= 15 is 0 Å². The molecule has 3 rings (SSSR count). The quantitative estimate of drug-likeness (QED) is 0.303. The van der Waals surface area contributed by atoms with Crippen LogP contribution in [0.15, 0.2) is 28.6 Å². The van der Waals surface area contributed by atoms with Gasteiger partial charge in [0.15, 0.2) is 17.5 Å². The summed E-state index contributed by atoms with van der Waals surface area (Å²) in [6.45, 7) is 3.49. The zero-order valence-corrected chi connectivity index (χ0v) is 20.5. The lowest BCUT2D eigenvalue weighted by Gasteiger charge is -2.17. The van der Waals surface area contributed by atoms with Crippen molar-refractivity contribution in [3.8, 4) is 11.5 Å². The van der Waals surface area contributed by atoms with Gasteiger partial charge in [0.25, 0.3) is 0 Å². The predicted octanol–water partition coefficient (Wildman–Crippen LogP) is 4.31. The first-order valence-corrected chi connectivity index (χ1v) is 10.7. The van der Waals surface area contributed by atoms with E-state index in [0.717, 1.165) is 59.5 Å². The second kappa shape index (κ2) is 12.2. The van der Waals surface area contributed by atoms with Gasteiger partial charge in [-0.2, -0.15) is 0 Å². The number of nitrogens with one attached hydrogen (secondary N) is 2. The average Bonchev–Trinajstić information content (AvgIpc) is 3.36. The molecule has 6 nitrogen and oxygen atoms in total. The summed E-state index contributed by atoms with van der Waals surface area (Å²) < 4.78 is 11.7. The number of guanidine groups is 1. The molecule has 29 heavy (non-hydrogen) atoms. The minimum absolute atomic E-state index is 0. The molecule has 8 heteroatoms. The number of aryl methyl sites for hydroxylation is 1. The van der Waals surface area contributed by atoms with Crippen molar-refractivity contribution in [2.75, 3.05) is 20.7 Å². The number of halogens is 1. The van der Waals surface area contributed by atoms with Gasteiger partial charge in [-0.15, -0.1) is 35.3 Å². The molecule has 0 saturated heterocycles. The minimum atomic E-state index is 0. The summed E-state index contributed by atoms with van der Waals surface area (Å²) >= 11 is 1.69. The summed E-state index contributed by atoms with van der Waals surface area (Å²) in [5, 5.41) is 9.91. The second-order valence-electron chi connectivity index (χ2n) is 6.97. The van der Waals surface area contributed by atoms with E-state index in [-0.39, 0.29) is 24.0 Å². The van der Waals surface area contributed by atoms with Gasteiger partial charge in [-0.1, -0.05) is 6.07 Å². The van der Waals surface area contributed by atoms with E-state index < -0.39 is 0 Å². The molecule has 160 valence electrons. The largest absolute Gasteiger partial charge is 0.493 e. The Hall–Kier alpha value is -1.55. The van der Waals surface area contributed by atoms with Crippen LogP contribution in [0.2, 0.25) is 0 Å². The number of ether oxygens (including phenoxy) is 2. The van der Waals surface area contributed by atoms with Crippen LogP contribution in [0.5, 0.6) is 11.5 Å². The highest BCUT2D eigenvalue weighted by atomic mass is 127. The van der Waals surface area contributed by atoms with Crippen LogP contribution in [-0.4, -0.2) is 37.7 Å². The Balaban J connectivity index is 0.00000300. The number of thiazole rings is 1. The Bertz CT molecular complexity index is 791. The van der Waals surface area contributed by atoms with Gasteiger partial charge in [0.2, 0.25) is 0 Å². The zero-order valence-electron chi connectivity index (χ0n) is 17.4. The topological polar surface area (TPSA) is 67.8 Å². The van der Waals surface area contributed by atoms with Crippen molar-refractivity contribution in [2.45, 2.75) is 51.7 Å². The fraction of sp³-hybridized carbons (Fsp3) is 0.524. The van der Waals surface area contributed by atoms with E-state index in [9.17, 15) is 0 Å². The van der Waals surface area contributed by atoms with Crippen molar-refractivity contribution >= 4 is 41.3 Å². The van der Waals surface area contributed by atoms with E-state index in [1.807, 2.05) is 13.0 Å². The highest BCUT2D eigenvalue weighted by molar-refractivity contribution is 14.0. The lowest BCUT2D eigenvalue weighted by Crippen LogP contribution is -2.37. The SMILES string of the molecule is CN=C(NCCc1csc(C)n1)NCc1ccc(OC)c(OC2CCCC2)c1.I.